The third kappa shape index (κ3) is 5.65. The molecule has 1 aromatic carbocycles. The molecule has 0 fully saturated rings. The Morgan fingerprint density at radius 2 is 1.86 bits per heavy atom. The molecule has 1 atom stereocenters. The number of alkyl halides is 3. The lowest BCUT2D eigenvalue weighted by Crippen LogP contribution is -2.18. The minimum absolute atomic E-state index is 0.168. The first kappa shape index (κ1) is 22.1. The molecular weight excluding hydrogens is 371 g/mol. The molecule has 0 bridgehead atoms. The van der Waals surface area contributed by atoms with Gasteiger partial charge in [-0.3, -0.25) is 0 Å². The summed E-state index contributed by atoms with van der Waals surface area (Å²) in [5.41, 5.74) is 0.551. The van der Waals surface area contributed by atoms with Crippen LogP contribution in [0.25, 0.3) is 11.3 Å². The number of hydrogen-bond donors (Lipinski definition) is 2. The van der Waals surface area contributed by atoms with Crippen LogP contribution in [-0.4, -0.2) is 45.4 Å². The number of nitrogens with zero attached hydrogens (tertiary/aromatic N) is 3. The highest BCUT2D eigenvalue weighted by Gasteiger charge is 2.31. The minimum atomic E-state index is -4.53. The number of aromatic hydroxyl groups is 1. The van der Waals surface area contributed by atoms with E-state index in [2.05, 4.69) is 22.0 Å². The van der Waals surface area contributed by atoms with Crippen LogP contribution in [0.3, 0.4) is 0 Å². The molecule has 154 valence electrons. The fraction of sp³-hybridized carbons (Fsp3) is 0.500. The molecular formula is C20H26F3N3O2. The Hall–Kier alpha value is -2.19. The largest absolute Gasteiger partial charge is 0.507 e. The van der Waals surface area contributed by atoms with Crippen molar-refractivity contribution in [1.82, 2.24) is 15.1 Å². The molecule has 2 N–H and O–H groups in total. The van der Waals surface area contributed by atoms with Gasteiger partial charge in [-0.25, -0.2) is 0 Å². The number of aliphatic hydroxyl groups excluding tert-OH is 1. The summed E-state index contributed by atoms with van der Waals surface area (Å²) in [6.45, 7) is 5.74. The van der Waals surface area contributed by atoms with E-state index in [9.17, 15) is 23.4 Å². The van der Waals surface area contributed by atoms with Crippen LogP contribution in [0.15, 0.2) is 24.3 Å². The van der Waals surface area contributed by atoms with Crippen LogP contribution in [0.2, 0.25) is 0 Å². The Morgan fingerprint density at radius 1 is 1.14 bits per heavy atom. The molecule has 8 heteroatoms. The summed E-state index contributed by atoms with van der Waals surface area (Å²) in [6, 6.07) is 4.40. The number of aryl methyl sites for hydroxylation is 1. The molecule has 0 radical (unpaired) electrons. The minimum Gasteiger partial charge on any atom is -0.507 e. The van der Waals surface area contributed by atoms with E-state index in [1.54, 1.807) is 13.0 Å². The van der Waals surface area contributed by atoms with E-state index in [0.717, 1.165) is 32.0 Å². The van der Waals surface area contributed by atoms with Gasteiger partial charge in [0.2, 0.25) is 0 Å². The Labute approximate surface area is 162 Å². The van der Waals surface area contributed by atoms with Gasteiger partial charge in [0.15, 0.2) is 0 Å². The van der Waals surface area contributed by atoms with Crippen LogP contribution < -0.4 is 0 Å². The molecule has 0 amide bonds. The normalized spacial score (nSPS) is 13.1. The van der Waals surface area contributed by atoms with E-state index >= 15 is 0 Å². The second-order valence-corrected chi connectivity index (χ2v) is 6.94. The van der Waals surface area contributed by atoms with E-state index in [4.69, 9.17) is 0 Å². The van der Waals surface area contributed by atoms with Crippen molar-refractivity contribution in [2.24, 2.45) is 0 Å². The van der Waals surface area contributed by atoms with Crippen LogP contribution in [0.1, 0.15) is 49.1 Å². The summed E-state index contributed by atoms with van der Waals surface area (Å²) in [5, 5.41) is 28.4. The fourth-order valence-corrected chi connectivity index (χ4v) is 2.87. The molecule has 0 saturated heterocycles. The Morgan fingerprint density at radius 3 is 2.43 bits per heavy atom. The van der Waals surface area contributed by atoms with E-state index in [0.29, 0.717) is 23.7 Å². The molecule has 2 aromatic rings. The highest BCUT2D eigenvalue weighted by Crippen LogP contribution is 2.36. The number of hydrogen-bond acceptors (Lipinski definition) is 5. The second-order valence-electron chi connectivity index (χ2n) is 6.94. The number of rotatable bonds is 8. The van der Waals surface area contributed by atoms with Gasteiger partial charge in [0.1, 0.15) is 5.75 Å². The predicted molar refractivity (Wildman–Crippen MR) is 101 cm³/mol. The van der Waals surface area contributed by atoms with Gasteiger partial charge in [0.05, 0.1) is 23.1 Å². The Bertz CT molecular complexity index is 797. The van der Waals surface area contributed by atoms with Gasteiger partial charge in [0, 0.05) is 5.56 Å². The van der Waals surface area contributed by atoms with Gasteiger partial charge in [-0.1, -0.05) is 6.92 Å². The predicted octanol–water partition coefficient (Wildman–Crippen LogP) is 4.33. The number of phenols is 1. The first-order valence-corrected chi connectivity index (χ1v) is 9.25. The highest BCUT2D eigenvalue weighted by atomic mass is 19.4. The molecule has 1 unspecified atom stereocenters. The van der Waals surface area contributed by atoms with Crippen LogP contribution in [-0.2, 0) is 6.18 Å². The molecule has 0 spiro atoms. The fourth-order valence-electron chi connectivity index (χ4n) is 2.87. The summed E-state index contributed by atoms with van der Waals surface area (Å²) in [6.07, 6.45) is -2.93. The quantitative estimate of drug-likeness (QED) is 0.649. The maximum Gasteiger partial charge on any atom is 0.416 e. The van der Waals surface area contributed by atoms with Crippen molar-refractivity contribution in [3.8, 4) is 17.0 Å². The zero-order chi connectivity index (χ0) is 20.9. The van der Waals surface area contributed by atoms with Crippen molar-refractivity contribution in [1.29, 1.82) is 0 Å². The van der Waals surface area contributed by atoms with Gasteiger partial charge < -0.3 is 15.1 Å². The van der Waals surface area contributed by atoms with E-state index in [1.807, 2.05) is 7.05 Å². The lowest BCUT2D eigenvalue weighted by molar-refractivity contribution is -0.137. The van der Waals surface area contributed by atoms with Crippen molar-refractivity contribution >= 4 is 0 Å². The summed E-state index contributed by atoms with van der Waals surface area (Å²) >= 11 is 0. The molecule has 0 aliphatic rings. The smallest absolute Gasteiger partial charge is 0.416 e. The van der Waals surface area contributed by atoms with Crippen molar-refractivity contribution in [2.45, 2.75) is 45.4 Å². The first-order chi connectivity index (χ1) is 13.1. The monoisotopic (exact) mass is 397 g/mol. The average molecular weight is 397 g/mol. The third-order valence-electron chi connectivity index (χ3n) is 4.73. The Balaban J connectivity index is 2.10. The standard InChI is InChI=1S/C20H26F3N3O2/c1-4-26(3)10-6-5-7-17(27)16-11-13(2)19(25-24-16)15-9-8-14(12-18(15)28)20(21,22)23/h8-9,11-12,17,27-28H,4-7,10H2,1-3H3. The molecule has 1 heterocycles. The van der Waals surface area contributed by atoms with Gasteiger partial charge >= 0.3 is 6.18 Å². The van der Waals surface area contributed by atoms with Crippen LogP contribution in [0.4, 0.5) is 13.2 Å². The summed E-state index contributed by atoms with van der Waals surface area (Å²) < 4.78 is 38.2. The van der Waals surface area contributed by atoms with Crippen molar-refractivity contribution < 1.29 is 23.4 Å². The average Bonchev–Trinajstić information content (AvgIpc) is 2.64. The molecule has 2 rings (SSSR count). The number of aliphatic hydroxyl groups is 1. The SMILES string of the molecule is CCN(C)CCCCC(O)c1cc(C)c(-c2ccc(C(F)(F)F)cc2O)nn1. The van der Waals surface area contributed by atoms with Gasteiger partial charge in [-0.2, -0.15) is 18.3 Å². The number of phenolic OH excluding ortho intramolecular Hbond substituents is 1. The zero-order valence-electron chi connectivity index (χ0n) is 16.3. The molecule has 28 heavy (non-hydrogen) atoms. The molecule has 0 aliphatic carbocycles. The summed E-state index contributed by atoms with van der Waals surface area (Å²) in [5.74, 6) is -0.513. The maximum absolute atomic E-state index is 12.7. The molecule has 1 aromatic heterocycles. The van der Waals surface area contributed by atoms with Crippen molar-refractivity contribution in [3.05, 3.63) is 41.1 Å². The van der Waals surface area contributed by atoms with Gasteiger partial charge in [-0.15, -0.1) is 5.10 Å². The number of halogens is 3. The van der Waals surface area contributed by atoms with Crippen LogP contribution >= 0.6 is 0 Å². The first-order valence-electron chi connectivity index (χ1n) is 9.25. The van der Waals surface area contributed by atoms with Crippen LogP contribution in [0, 0.1) is 6.92 Å². The number of unbranched alkanes of at least 4 members (excludes halogenated alkanes) is 1. The van der Waals surface area contributed by atoms with Crippen molar-refractivity contribution in [3.63, 3.8) is 0 Å². The van der Waals surface area contributed by atoms with E-state index in [1.165, 1.54) is 6.07 Å². The summed E-state index contributed by atoms with van der Waals surface area (Å²) in [4.78, 5) is 2.20. The van der Waals surface area contributed by atoms with Crippen LogP contribution in [0.5, 0.6) is 5.75 Å². The second kappa shape index (κ2) is 9.34. The Kier molecular flexibility index (Phi) is 7.37. The number of aromatic nitrogens is 2. The van der Waals surface area contributed by atoms with Gasteiger partial charge in [0.25, 0.3) is 0 Å². The summed E-state index contributed by atoms with van der Waals surface area (Å²) in [7, 11) is 2.04. The molecule has 0 saturated carbocycles. The van der Waals surface area contributed by atoms with Gasteiger partial charge in [-0.05, 0) is 76.2 Å². The highest BCUT2D eigenvalue weighted by molar-refractivity contribution is 5.69. The third-order valence-corrected chi connectivity index (χ3v) is 4.73. The zero-order valence-corrected chi connectivity index (χ0v) is 16.3. The topological polar surface area (TPSA) is 69.5 Å². The van der Waals surface area contributed by atoms with E-state index < -0.39 is 23.6 Å². The van der Waals surface area contributed by atoms with Crippen molar-refractivity contribution in [2.75, 3.05) is 20.1 Å². The van der Waals surface area contributed by atoms with E-state index in [-0.39, 0.29) is 11.3 Å². The lowest BCUT2D eigenvalue weighted by Gasteiger charge is -2.15. The molecule has 5 nitrogen and oxygen atoms in total. The lowest BCUT2D eigenvalue weighted by atomic mass is 10.0. The number of benzene rings is 1. The maximum atomic E-state index is 12.7. The molecule has 0 aliphatic heterocycles.